The van der Waals surface area contributed by atoms with E-state index in [4.69, 9.17) is 11.6 Å². The molecule has 0 saturated carbocycles. The fourth-order valence-electron chi connectivity index (χ4n) is 2.40. The van der Waals surface area contributed by atoms with Crippen LogP contribution >= 0.6 is 11.6 Å². The lowest BCUT2D eigenvalue weighted by molar-refractivity contribution is 0.359. The summed E-state index contributed by atoms with van der Waals surface area (Å²) >= 11 is 6.03. The van der Waals surface area contributed by atoms with Crippen LogP contribution in [-0.2, 0) is 6.42 Å². The maximum Gasteiger partial charge on any atom is 0.161 e. The SMILES string of the molecule is Cc1c(Cl)cc(O)c(O)c1CC1CCNCC1. The molecule has 0 radical (unpaired) electrons. The standard InChI is InChI=1S/C13H18ClNO2/c1-8-10(6-9-2-4-15-5-3-9)13(17)12(16)7-11(8)14/h7,9,15-17H,2-6H2,1H3. The Hall–Kier alpha value is -0.930. The third kappa shape index (κ3) is 2.67. The zero-order chi connectivity index (χ0) is 12.4. The quantitative estimate of drug-likeness (QED) is 0.712. The normalized spacial score (nSPS) is 17.3. The second kappa shape index (κ2) is 5.15. The van der Waals surface area contributed by atoms with Crippen molar-refractivity contribution < 1.29 is 10.2 Å². The van der Waals surface area contributed by atoms with Gasteiger partial charge in [0.1, 0.15) is 0 Å². The molecule has 3 nitrogen and oxygen atoms in total. The van der Waals surface area contributed by atoms with E-state index in [2.05, 4.69) is 5.32 Å². The lowest BCUT2D eigenvalue weighted by Crippen LogP contribution is -2.28. The van der Waals surface area contributed by atoms with Gasteiger partial charge in [0.2, 0.25) is 0 Å². The number of phenolic OH excluding ortho intramolecular Hbond substituents is 2. The van der Waals surface area contributed by atoms with Gasteiger partial charge in [-0.2, -0.15) is 0 Å². The molecule has 0 aromatic heterocycles. The van der Waals surface area contributed by atoms with Gasteiger partial charge in [-0.1, -0.05) is 11.6 Å². The largest absolute Gasteiger partial charge is 0.504 e. The van der Waals surface area contributed by atoms with Crippen molar-refractivity contribution in [3.8, 4) is 11.5 Å². The molecule has 1 aromatic carbocycles. The van der Waals surface area contributed by atoms with Crippen molar-refractivity contribution in [2.45, 2.75) is 26.2 Å². The first-order chi connectivity index (χ1) is 8.09. The number of hydrogen-bond acceptors (Lipinski definition) is 3. The average molecular weight is 256 g/mol. The van der Waals surface area contributed by atoms with Crippen LogP contribution in [0.5, 0.6) is 11.5 Å². The second-order valence-corrected chi connectivity index (χ2v) is 5.13. The van der Waals surface area contributed by atoms with Crippen molar-refractivity contribution in [2.24, 2.45) is 5.92 Å². The van der Waals surface area contributed by atoms with Gasteiger partial charge in [0.25, 0.3) is 0 Å². The maximum absolute atomic E-state index is 9.91. The van der Waals surface area contributed by atoms with Gasteiger partial charge in [-0.3, -0.25) is 0 Å². The number of aromatic hydroxyl groups is 2. The minimum Gasteiger partial charge on any atom is -0.504 e. The van der Waals surface area contributed by atoms with Crippen LogP contribution < -0.4 is 5.32 Å². The van der Waals surface area contributed by atoms with E-state index in [9.17, 15) is 10.2 Å². The Morgan fingerprint density at radius 3 is 2.65 bits per heavy atom. The third-order valence-corrected chi connectivity index (χ3v) is 3.95. The van der Waals surface area contributed by atoms with Crippen LogP contribution in [-0.4, -0.2) is 23.3 Å². The highest BCUT2D eigenvalue weighted by molar-refractivity contribution is 6.31. The Bertz CT molecular complexity index is 388. The van der Waals surface area contributed by atoms with E-state index in [1.807, 2.05) is 6.92 Å². The Labute approximate surface area is 106 Å². The van der Waals surface area contributed by atoms with Gasteiger partial charge in [0.05, 0.1) is 0 Å². The molecule has 0 spiro atoms. The van der Waals surface area contributed by atoms with E-state index < -0.39 is 0 Å². The molecule has 1 heterocycles. The lowest BCUT2D eigenvalue weighted by Gasteiger charge is -2.24. The van der Waals surface area contributed by atoms with Crippen LogP contribution in [0, 0.1) is 12.8 Å². The zero-order valence-corrected chi connectivity index (χ0v) is 10.7. The van der Waals surface area contributed by atoms with E-state index in [1.165, 1.54) is 6.07 Å². The van der Waals surface area contributed by atoms with Crippen LogP contribution in [0.4, 0.5) is 0 Å². The molecule has 4 heteroatoms. The summed E-state index contributed by atoms with van der Waals surface area (Å²) in [4.78, 5) is 0. The van der Waals surface area contributed by atoms with Gasteiger partial charge in [-0.25, -0.2) is 0 Å². The van der Waals surface area contributed by atoms with Gasteiger partial charge >= 0.3 is 0 Å². The minimum atomic E-state index is -0.121. The molecule has 1 aliphatic rings. The van der Waals surface area contributed by atoms with Crippen molar-refractivity contribution in [1.82, 2.24) is 5.32 Å². The molecule has 1 saturated heterocycles. The summed E-state index contributed by atoms with van der Waals surface area (Å²) in [6.07, 6.45) is 2.99. The molecule has 1 fully saturated rings. The molecule has 94 valence electrons. The molecule has 0 unspecified atom stereocenters. The van der Waals surface area contributed by atoms with E-state index in [0.29, 0.717) is 10.9 Å². The molecule has 0 amide bonds. The monoisotopic (exact) mass is 255 g/mol. The van der Waals surface area contributed by atoms with Crippen LogP contribution in [0.15, 0.2) is 6.07 Å². The lowest BCUT2D eigenvalue weighted by atomic mass is 9.88. The van der Waals surface area contributed by atoms with Crippen molar-refractivity contribution in [1.29, 1.82) is 0 Å². The molecular weight excluding hydrogens is 238 g/mol. The van der Waals surface area contributed by atoms with Gasteiger partial charge in [-0.15, -0.1) is 0 Å². The Kier molecular flexibility index (Phi) is 3.79. The highest BCUT2D eigenvalue weighted by Crippen LogP contribution is 2.38. The van der Waals surface area contributed by atoms with Gasteiger partial charge in [0, 0.05) is 16.7 Å². The Balaban J connectivity index is 2.24. The summed E-state index contributed by atoms with van der Waals surface area (Å²) in [5, 5.41) is 23.3. The van der Waals surface area contributed by atoms with E-state index in [-0.39, 0.29) is 11.5 Å². The summed E-state index contributed by atoms with van der Waals surface area (Å²) < 4.78 is 0. The molecule has 1 aromatic rings. The summed E-state index contributed by atoms with van der Waals surface area (Å²) in [6.45, 7) is 3.94. The predicted molar refractivity (Wildman–Crippen MR) is 68.8 cm³/mol. The zero-order valence-electron chi connectivity index (χ0n) is 9.96. The minimum absolute atomic E-state index is 0.00886. The maximum atomic E-state index is 9.91. The van der Waals surface area contributed by atoms with Crippen LogP contribution in [0.1, 0.15) is 24.0 Å². The number of rotatable bonds is 2. The summed E-state index contributed by atoms with van der Waals surface area (Å²) in [5.74, 6) is 0.425. The Morgan fingerprint density at radius 1 is 1.35 bits per heavy atom. The number of benzene rings is 1. The molecule has 1 aliphatic heterocycles. The smallest absolute Gasteiger partial charge is 0.161 e. The summed E-state index contributed by atoms with van der Waals surface area (Å²) in [6, 6.07) is 1.40. The molecule has 0 atom stereocenters. The molecule has 3 N–H and O–H groups in total. The van der Waals surface area contributed by atoms with Crippen molar-refractivity contribution in [3.63, 3.8) is 0 Å². The number of nitrogens with one attached hydrogen (secondary N) is 1. The number of halogens is 1. The van der Waals surface area contributed by atoms with Crippen LogP contribution in [0.2, 0.25) is 5.02 Å². The highest BCUT2D eigenvalue weighted by Gasteiger charge is 2.19. The fourth-order valence-corrected chi connectivity index (χ4v) is 2.61. The van der Waals surface area contributed by atoms with Gasteiger partial charge < -0.3 is 15.5 Å². The molecule has 0 aliphatic carbocycles. The van der Waals surface area contributed by atoms with Crippen molar-refractivity contribution in [3.05, 3.63) is 22.2 Å². The molecule has 0 bridgehead atoms. The Morgan fingerprint density at radius 2 is 2.00 bits per heavy atom. The van der Waals surface area contributed by atoms with Gasteiger partial charge in [0.15, 0.2) is 11.5 Å². The van der Waals surface area contributed by atoms with Crippen LogP contribution in [0.3, 0.4) is 0 Å². The van der Waals surface area contributed by atoms with Crippen molar-refractivity contribution >= 4 is 11.6 Å². The average Bonchev–Trinajstić information content (AvgIpc) is 2.33. The molecular formula is C13H18ClNO2. The topological polar surface area (TPSA) is 52.5 Å². The van der Waals surface area contributed by atoms with E-state index in [0.717, 1.165) is 43.5 Å². The predicted octanol–water partition coefficient (Wildman–Crippen LogP) is 2.60. The van der Waals surface area contributed by atoms with E-state index in [1.54, 1.807) is 0 Å². The van der Waals surface area contributed by atoms with Crippen molar-refractivity contribution in [2.75, 3.05) is 13.1 Å². The molecule has 2 rings (SSSR count). The third-order valence-electron chi connectivity index (χ3n) is 3.55. The van der Waals surface area contributed by atoms with E-state index >= 15 is 0 Å². The highest BCUT2D eigenvalue weighted by atomic mass is 35.5. The summed E-state index contributed by atoms with van der Waals surface area (Å²) in [5.41, 5.74) is 1.67. The summed E-state index contributed by atoms with van der Waals surface area (Å²) in [7, 11) is 0. The van der Waals surface area contributed by atoms with Crippen LogP contribution in [0.25, 0.3) is 0 Å². The molecule has 17 heavy (non-hydrogen) atoms. The first-order valence-electron chi connectivity index (χ1n) is 6.00. The van der Waals surface area contributed by atoms with Gasteiger partial charge in [-0.05, 0) is 50.8 Å². The second-order valence-electron chi connectivity index (χ2n) is 4.73. The first-order valence-corrected chi connectivity index (χ1v) is 6.38. The number of hydrogen-bond donors (Lipinski definition) is 3. The first kappa shape index (κ1) is 12.5. The fraction of sp³-hybridized carbons (Fsp3) is 0.538. The number of phenols is 2. The number of piperidine rings is 1.